The fraction of sp³-hybridized carbons (Fsp3) is 0.222. The van der Waals surface area contributed by atoms with Crippen molar-refractivity contribution in [1.29, 1.82) is 0 Å². The van der Waals surface area contributed by atoms with E-state index in [0.29, 0.717) is 5.82 Å². The van der Waals surface area contributed by atoms with Gasteiger partial charge in [-0.15, -0.1) is 21.5 Å². The van der Waals surface area contributed by atoms with Gasteiger partial charge in [0.05, 0.1) is 16.8 Å². The molecule has 0 radical (unpaired) electrons. The first-order chi connectivity index (χ1) is 12.3. The standard InChI is InChI=1S/C18H17N5S2/c1-13-7-9-14(10-8-13)17-20-22-23(21-17)11-4-12-24-18-19-15-5-2-3-6-16(15)25-18/h2-3,5-10H,4,11-12H2,1H3. The van der Waals surface area contributed by atoms with Crippen LogP contribution >= 0.6 is 23.1 Å². The van der Waals surface area contributed by atoms with E-state index in [0.717, 1.165) is 34.1 Å². The van der Waals surface area contributed by atoms with Crippen LogP contribution in [0.15, 0.2) is 52.9 Å². The summed E-state index contributed by atoms with van der Waals surface area (Å²) >= 11 is 3.54. The van der Waals surface area contributed by atoms with Crippen molar-refractivity contribution in [2.45, 2.75) is 24.2 Å². The molecule has 7 heteroatoms. The first kappa shape index (κ1) is 16.2. The van der Waals surface area contributed by atoms with E-state index in [-0.39, 0.29) is 0 Å². The monoisotopic (exact) mass is 367 g/mol. The Morgan fingerprint density at radius 1 is 1.08 bits per heavy atom. The van der Waals surface area contributed by atoms with Crippen LogP contribution < -0.4 is 0 Å². The van der Waals surface area contributed by atoms with Crippen molar-refractivity contribution in [2.75, 3.05) is 5.75 Å². The smallest absolute Gasteiger partial charge is 0.204 e. The van der Waals surface area contributed by atoms with Crippen molar-refractivity contribution < 1.29 is 0 Å². The maximum Gasteiger partial charge on any atom is 0.204 e. The van der Waals surface area contributed by atoms with Crippen molar-refractivity contribution in [3.05, 3.63) is 54.1 Å². The molecule has 0 unspecified atom stereocenters. The van der Waals surface area contributed by atoms with Crippen LogP contribution in [0.3, 0.4) is 0 Å². The minimum atomic E-state index is 0.679. The van der Waals surface area contributed by atoms with Gasteiger partial charge in [-0.05, 0) is 30.7 Å². The third kappa shape index (κ3) is 3.88. The average molecular weight is 368 g/mol. The number of benzene rings is 2. The lowest BCUT2D eigenvalue weighted by Crippen LogP contribution is -2.03. The molecular weight excluding hydrogens is 350 g/mol. The Labute approximate surface area is 154 Å². The highest BCUT2D eigenvalue weighted by molar-refractivity contribution is 8.01. The molecule has 126 valence electrons. The summed E-state index contributed by atoms with van der Waals surface area (Å²) in [6.07, 6.45) is 0.976. The molecule has 5 nitrogen and oxygen atoms in total. The third-order valence-electron chi connectivity index (χ3n) is 3.76. The molecule has 0 aliphatic carbocycles. The van der Waals surface area contributed by atoms with E-state index in [9.17, 15) is 0 Å². The lowest BCUT2D eigenvalue weighted by molar-refractivity contribution is 0.517. The van der Waals surface area contributed by atoms with E-state index in [4.69, 9.17) is 0 Å². The number of hydrogen-bond donors (Lipinski definition) is 0. The maximum atomic E-state index is 4.64. The Morgan fingerprint density at radius 2 is 1.92 bits per heavy atom. The number of nitrogens with zero attached hydrogens (tertiary/aromatic N) is 5. The molecule has 2 aromatic heterocycles. The number of aromatic nitrogens is 5. The van der Waals surface area contributed by atoms with Crippen LogP contribution in [0.5, 0.6) is 0 Å². The van der Waals surface area contributed by atoms with Gasteiger partial charge < -0.3 is 0 Å². The van der Waals surface area contributed by atoms with E-state index in [1.165, 1.54) is 10.3 Å². The molecule has 0 fully saturated rings. The van der Waals surface area contributed by atoms with Gasteiger partial charge in [-0.3, -0.25) is 0 Å². The van der Waals surface area contributed by atoms with E-state index in [2.05, 4.69) is 57.7 Å². The van der Waals surface area contributed by atoms with Crippen molar-refractivity contribution in [2.24, 2.45) is 0 Å². The number of fused-ring (bicyclic) bond motifs is 1. The van der Waals surface area contributed by atoms with Crippen LogP contribution in [0.2, 0.25) is 0 Å². The number of aryl methyl sites for hydroxylation is 2. The number of thiazole rings is 1. The Hall–Kier alpha value is -2.25. The zero-order chi connectivity index (χ0) is 17.1. The Balaban J connectivity index is 1.31. The second-order valence-corrected chi connectivity index (χ2v) is 8.10. The summed E-state index contributed by atoms with van der Waals surface area (Å²) in [6, 6.07) is 16.4. The predicted molar refractivity (Wildman–Crippen MR) is 103 cm³/mol. The van der Waals surface area contributed by atoms with Crippen LogP contribution in [0.1, 0.15) is 12.0 Å². The molecule has 0 saturated carbocycles. The van der Waals surface area contributed by atoms with Gasteiger partial charge in [0.1, 0.15) is 0 Å². The minimum absolute atomic E-state index is 0.679. The molecular formula is C18H17N5S2. The molecule has 4 rings (SSSR count). The van der Waals surface area contributed by atoms with Crippen LogP contribution in [-0.4, -0.2) is 30.9 Å². The third-order valence-corrected chi connectivity index (χ3v) is 6.03. The fourth-order valence-corrected chi connectivity index (χ4v) is 4.50. The molecule has 0 spiro atoms. The van der Waals surface area contributed by atoms with Gasteiger partial charge in [0.15, 0.2) is 4.34 Å². The van der Waals surface area contributed by atoms with Crippen LogP contribution in [0, 0.1) is 6.92 Å². The first-order valence-electron chi connectivity index (χ1n) is 8.11. The van der Waals surface area contributed by atoms with Gasteiger partial charge in [-0.1, -0.05) is 53.7 Å². The van der Waals surface area contributed by atoms with Gasteiger partial charge in [0.2, 0.25) is 5.82 Å². The quantitative estimate of drug-likeness (QED) is 0.372. The minimum Gasteiger partial charge on any atom is -0.230 e. The summed E-state index contributed by atoms with van der Waals surface area (Å²) in [4.78, 5) is 6.31. The Kier molecular flexibility index (Phi) is 4.76. The number of tetrazole rings is 1. The molecule has 0 saturated heterocycles. The molecule has 25 heavy (non-hydrogen) atoms. The molecule has 0 atom stereocenters. The zero-order valence-corrected chi connectivity index (χ0v) is 15.4. The second kappa shape index (κ2) is 7.33. The highest BCUT2D eigenvalue weighted by Crippen LogP contribution is 2.29. The van der Waals surface area contributed by atoms with E-state index < -0.39 is 0 Å². The fourth-order valence-electron chi connectivity index (χ4n) is 2.43. The van der Waals surface area contributed by atoms with Crippen molar-refractivity contribution in [3.63, 3.8) is 0 Å². The van der Waals surface area contributed by atoms with Crippen LogP contribution in [0.25, 0.3) is 21.6 Å². The van der Waals surface area contributed by atoms with Gasteiger partial charge in [0, 0.05) is 11.3 Å². The number of rotatable bonds is 6. The van der Waals surface area contributed by atoms with Gasteiger partial charge in [-0.2, -0.15) is 4.80 Å². The lowest BCUT2D eigenvalue weighted by atomic mass is 10.1. The summed E-state index contributed by atoms with van der Waals surface area (Å²) in [5.74, 6) is 1.67. The summed E-state index contributed by atoms with van der Waals surface area (Å²) < 4.78 is 2.36. The number of hydrogen-bond acceptors (Lipinski definition) is 6. The van der Waals surface area contributed by atoms with Crippen molar-refractivity contribution in [3.8, 4) is 11.4 Å². The largest absolute Gasteiger partial charge is 0.230 e. The Morgan fingerprint density at radius 3 is 2.76 bits per heavy atom. The average Bonchev–Trinajstić information content (AvgIpc) is 3.26. The SMILES string of the molecule is Cc1ccc(-c2nnn(CCCSc3nc4ccccc4s3)n2)cc1. The van der Waals surface area contributed by atoms with Crippen LogP contribution in [0.4, 0.5) is 0 Å². The van der Waals surface area contributed by atoms with Gasteiger partial charge in [-0.25, -0.2) is 4.98 Å². The normalized spacial score (nSPS) is 11.2. The second-order valence-electron chi connectivity index (χ2n) is 5.72. The first-order valence-corrected chi connectivity index (χ1v) is 9.91. The van der Waals surface area contributed by atoms with Crippen molar-refractivity contribution >= 4 is 33.3 Å². The summed E-state index contributed by atoms with van der Waals surface area (Å²) in [6.45, 7) is 2.83. The van der Waals surface area contributed by atoms with Gasteiger partial charge in [0.25, 0.3) is 0 Å². The lowest BCUT2D eigenvalue weighted by Gasteiger charge is -1.98. The zero-order valence-electron chi connectivity index (χ0n) is 13.8. The molecule has 4 aromatic rings. The van der Waals surface area contributed by atoms with E-state index in [1.54, 1.807) is 27.9 Å². The topological polar surface area (TPSA) is 56.5 Å². The molecule has 0 aliphatic heterocycles. The molecule has 0 N–H and O–H groups in total. The summed E-state index contributed by atoms with van der Waals surface area (Å²) in [7, 11) is 0. The Bertz CT molecular complexity index is 941. The predicted octanol–water partition coefficient (Wildman–Crippen LogP) is 4.44. The number of thioether (sulfide) groups is 1. The summed E-state index contributed by atoms with van der Waals surface area (Å²) in [5, 5.41) is 12.8. The summed E-state index contributed by atoms with van der Waals surface area (Å²) in [5.41, 5.74) is 3.30. The highest BCUT2D eigenvalue weighted by Gasteiger charge is 2.06. The number of para-hydroxylation sites is 1. The molecule has 2 aromatic carbocycles. The van der Waals surface area contributed by atoms with Crippen LogP contribution in [-0.2, 0) is 6.54 Å². The van der Waals surface area contributed by atoms with E-state index in [1.807, 2.05) is 18.2 Å². The highest BCUT2D eigenvalue weighted by atomic mass is 32.2. The maximum absolute atomic E-state index is 4.64. The van der Waals surface area contributed by atoms with Crippen molar-refractivity contribution in [1.82, 2.24) is 25.2 Å². The molecule has 0 amide bonds. The van der Waals surface area contributed by atoms with Gasteiger partial charge >= 0.3 is 0 Å². The molecule has 0 aliphatic rings. The molecule has 0 bridgehead atoms. The molecule has 2 heterocycles. The van der Waals surface area contributed by atoms with E-state index >= 15 is 0 Å².